The average molecular weight is 502 g/mol. The fourth-order valence-electron chi connectivity index (χ4n) is 3.24. The van der Waals surface area contributed by atoms with E-state index in [1.165, 1.54) is 12.1 Å². The molecule has 1 aliphatic rings. The van der Waals surface area contributed by atoms with E-state index in [1.54, 1.807) is 24.3 Å². The van der Waals surface area contributed by atoms with E-state index in [0.29, 0.717) is 30.8 Å². The standard InChI is InChI=1S/C20H19BrF3N3O4/c1-27-6-5-16-13(10-27)7-14(9-17(16)26-19(29)20(22,23)24)25-18(28)12-3-2-4-15(8-12)30-11-31-21/h2-4,7-9H,5-6,10-11H2,1H3,(H,25,28)(H,26,29). The lowest BCUT2D eigenvalue weighted by Gasteiger charge is -2.28. The van der Waals surface area contributed by atoms with Gasteiger partial charge in [-0.15, -0.1) is 0 Å². The molecule has 11 heteroatoms. The van der Waals surface area contributed by atoms with Gasteiger partial charge in [0.25, 0.3) is 5.91 Å². The summed E-state index contributed by atoms with van der Waals surface area (Å²) >= 11 is 2.76. The number of amides is 2. The third kappa shape index (κ3) is 5.96. The van der Waals surface area contributed by atoms with E-state index in [0.717, 1.165) is 5.56 Å². The van der Waals surface area contributed by atoms with Gasteiger partial charge >= 0.3 is 12.1 Å². The Labute approximate surface area is 185 Å². The fraction of sp³-hybridized carbons (Fsp3) is 0.300. The van der Waals surface area contributed by atoms with Crippen molar-refractivity contribution in [3.63, 3.8) is 0 Å². The fourth-order valence-corrected chi connectivity index (χ4v) is 3.33. The van der Waals surface area contributed by atoms with Crippen LogP contribution in [0.3, 0.4) is 0 Å². The van der Waals surface area contributed by atoms with Gasteiger partial charge in [0.2, 0.25) is 6.79 Å². The summed E-state index contributed by atoms with van der Waals surface area (Å²) in [5.74, 6) is -2.14. The van der Waals surface area contributed by atoms with Crippen LogP contribution in [0.5, 0.6) is 5.75 Å². The maximum absolute atomic E-state index is 12.8. The van der Waals surface area contributed by atoms with Gasteiger partial charge in [0.15, 0.2) is 0 Å². The van der Waals surface area contributed by atoms with Crippen molar-refractivity contribution in [3.05, 3.63) is 53.1 Å². The van der Waals surface area contributed by atoms with Gasteiger partial charge in [-0.3, -0.25) is 13.4 Å². The molecule has 0 saturated heterocycles. The van der Waals surface area contributed by atoms with Gasteiger partial charge in [0.1, 0.15) is 22.0 Å². The lowest BCUT2D eigenvalue weighted by atomic mass is 9.97. The molecule has 3 rings (SSSR count). The Morgan fingerprint density at radius 3 is 2.68 bits per heavy atom. The highest BCUT2D eigenvalue weighted by Gasteiger charge is 2.39. The lowest BCUT2D eigenvalue weighted by Crippen LogP contribution is -2.32. The van der Waals surface area contributed by atoms with Crippen LogP contribution in [0.2, 0.25) is 0 Å². The van der Waals surface area contributed by atoms with Crippen LogP contribution in [0.15, 0.2) is 36.4 Å². The molecule has 2 aromatic carbocycles. The second-order valence-electron chi connectivity index (χ2n) is 6.95. The molecular formula is C20H19BrF3N3O4. The zero-order valence-electron chi connectivity index (χ0n) is 16.4. The second-order valence-corrected chi connectivity index (χ2v) is 7.41. The van der Waals surface area contributed by atoms with E-state index in [1.807, 2.05) is 17.3 Å². The first-order valence-electron chi connectivity index (χ1n) is 9.17. The first-order valence-corrected chi connectivity index (χ1v) is 9.82. The molecule has 0 aliphatic carbocycles. The highest BCUT2D eigenvalue weighted by molar-refractivity contribution is 9.06. The largest absolute Gasteiger partial charge is 0.471 e. The number of rotatable bonds is 6. The number of fused-ring (bicyclic) bond motifs is 1. The zero-order valence-corrected chi connectivity index (χ0v) is 18.0. The average Bonchev–Trinajstić information content (AvgIpc) is 2.71. The number of ether oxygens (including phenoxy) is 1. The maximum atomic E-state index is 12.8. The van der Waals surface area contributed by atoms with Crippen molar-refractivity contribution in [1.29, 1.82) is 0 Å². The molecule has 0 saturated carbocycles. The minimum absolute atomic E-state index is 0.0368. The molecule has 0 radical (unpaired) electrons. The predicted octanol–water partition coefficient (Wildman–Crippen LogP) is 4.09. The molecule has 0 atom stereocenters. The zero-order chi connectivity index (χ0) is 22.6. The molecule has 1 heterocycles. The Balaban J connectivity index is 1.87. The molecule has 1 aliphatic heterocycles. The summed E-state index contributed by atoms with van der Waals surface area (Å²) in [6.45, 7) is 1.05. The summed E-state index contributed by atoms with van der Waals surface area (Å²) in [5.41, 5.74) is 1.94. The molecule has 7 nitrogen and oxygen atoms in total. The maximum Gasteiger partial charge on any atom is 0.471 e. The summed E-state index contributed by atoms with van der Waals surface area (Å²) in [4.78, 5) is 26.2. The monoisotopic (exact) mass is 501 g/mol. The number of nitrogens with zero attached hydrogens (tertiary/aromatic N) is 1. The number of benzene rings is 2. The Morgan fingerprint density at radius 2 is 1.97 bits per heavy atom. The van der Waals surface area contributed by atoms with E-state index in [-0.39, 0.29) is 23.7 Å². The molecule has 0 spiro atoms. The molecule has 166 valence electrons. The highest BCUT2D eigenvalue weighted by Crippen LogP contribution is 2.31. The third-order valence-corrected chi connectivity index (χ3v) is 4.84. The van der Waals surface area contributed by atoms with Crippen molar-refractivity contribution in [2.75, 3.05) is 31.0 Å². The van der Waals surface area contributed by atoms with E-state index >= 15 is 0 Å². The third-order valence-electron chi connectivity index (χ3n) is 4.66. The Morgan fingerprint density at radius 1 is 1.19 bits per heavy atom. The van der Waals surface area contributed by atoms with Crippen LogP contribution in [0.1, 0.15) is 21.5 Å². The van der Waals surface area contributed by atoms with Gasteiger partial charge in [0.05, 0.1) is 0 Å². The van der Waals surface area contributed by atoms with Gasteiger partial charge < -0.3 is 20.3 Å². The molecule has 2 aromatic rings. The number of likely N-dealkylation sites (N-methyl/N-ethyl adjacent to an activating group) is 1. The molecule has 0 unspecified atom stereocenters. The van der Waals surface area contributed by atoms with E-state index < -0.39 is 18.0 Å². The first-order chi connectivity index (χ1) is 14.7. The molecule has 2 N–H and O–H groups in total. The van der Waals surface area contributed by atoms with Crippen LogP contribution < -0.4 is 15.4 Å². The summed E-state index contributed by atoms with van der Waals surface area (Å²) < 4.78 is 48.2. The van der Waals surface area contributed by atoms with E-state index in [4.69, 9.17) is 4.74 Å². The lowest BCUT2D eigenvalue weighted by molar-refractivity contribution is -0.167. The number of halogens is 4. The van der Waals surface area contributed by atoms with Crippen LogP contribution in [0, 0.1) is 0 Å². The summed E-state index contributed by atoms with van der Waals surface area (Å²) in [6.07, 6.45) is -4.54. The van der Waals surface area contributed by atoms with Gasteiger partial charge in [-0.05, 0) is 54.9 Å². The number of alkyl halides is 3. The molecule has 0 fully saturated rings. The smallest absolute Gasteiger partial charge is 0.467 e. The van der Waals surface area contributed by atoms with Crippen molar-refractivity contribution in [3.8, 4) is 5.75 Å². The molecule has 0 aromatic heterocycles. The highest BCUT2D eigenvalue weighted by atomic mass is 79.9. The first kappa shape index (κ1) is 23.0. The summed E-state index contributed by atoms with van der Waals surface area (Å²) in [7, 11) is 1.88. The Kier molecular flexibility index (Phi) is 7.19. The van der Waals surface area contributed by atoms with Gasteiger partial charge in [-0.1, -0.05) is 6.07 Å². The number of carbonyl (C=O) groups excluding carboxylic acids is 2. The molecule has 31 heavy (non-hydrogen) atoms. The topological polar surface area (TPSA) is 79.9 Å². The van der Waals surface area contributed by atoms with Crippen LogP contribution in [-0.2, 0) is 21.6 Å². The minimum Gasteiger partial charge on any atom is -0.467 e. The van der Waals surface area contributed by atoms with Crippen molar-refractivity contribution in [1.82, 2.24) is 4.90 Å². The van der Waals surface area contributed by atoms with Gasteiger partial charge in [0, 0.05) is 30.0 Å². The van der Waals surface area contributed by atoms with Crippen molar-refractivity contribution in [2.24, 2.45) is 0 Å². The predicted molar refractivity (Wildman–Crippen MR) is 111 cm³/mol. The molecular weight excluding hydrogens is 483 g/mol. The number of carbonyl (C=O) groups is 2. The van der Waals surface area contributed by atoms with E-state index in [9.17, 15) is 22.8 Å². The van der Waals surface area contributed by atoms with Crippen LogP contribution in [0.4, 0.5) is 24.5 Å². The quantitative estimate of drug-likeness (QED) is 0.582. The van der Waals surface area contributed by atoms with E-state index in [2.05, 4.69) is 25.4 Å². The number of anilines is 2. The number of hydrogen-bond acceptors (Lipinski definition) is 5. The molecule has 2 amide bonds. The van der Waals surface area contributed by atoms with Crippen LogP contribution >= 0.6 is 16.3 Å². The molecule has 0 bridgehead atoms. The van der Waals surface area contributed by atoms with Crippen LogP contribution in [0.25, 0.3) is 0 Å². The summed E-state index contributed by atoms with van der Waals surface area (Å²) in [6, 6.07) is 9.36. The van der Waals surface area contributed by atoms with Crippen LogP contribution in [-0.4, -0.2) is 43.3 Å². The van der Waals surface area contributed by atoms with Gasteiger partial charge in [-0.25, -0.2) is 0 Å². The van der Waals surface area contributed by atoms with Crippen molar-refractivity contribution in [2.45, 2.75) is 19.1 Å². The number of hydrogen-bond donors (Lipinski definition) is 2. The Bertz CT molecular complexity index is 985. The second kappa shape index (κ2) is 9.67. The van der Waals surface area contributed by atoms with Gasteiger partial charge in [-0.2, -0.15) is 13.2 Å². The minimum atomic E-state index is -5.02. The Hall–Kier alpha value is -2.63. The van der Waals surface area contributed by atoms with Crippen molar-refractivity contribution >= 4 is 39.4 Å². The normalized spacial score (nSPS) is 14.0. The summed E-state index contributed by atoms with van der Waals surface area (Å²) in [5, 5.41) is 4.61. The van der Waals surface area contributed by atoms with Crippen molar-refractivity contribution < 1.29 is 31.3 Å². The SMILES string of the molecule is CN1CCc2c(cc(NC(=O)c3cccc(OCOBr)c3)cc2NC(=O)C(F)(F)F)C1. The number of nitrogens with one attached hydrogen (secondary N) is 2.